The van der Waals surface area contributed by atoms with E-state index in [4.69, 9.17) is 0 Å². The molecule has 0 aromatic carbocycles. The van der Waals surface area contributed by atoms with Gasteiger partial charge in [0.15, 0.2) is 0 Å². The van der Waals surface area contributed by atoms with E-state index in [2.05, 4.69) is 83.3 Å². The highest BCUT2D eigenvalue weighted by Gasteiger charge is 2.25. The molecule has 2 rings (SSSR count). The fourth-order valence-electron chi connectivity index (χ4n) is 2.00. The summed E-state index contributed by atoms with van der Waals surface area (Å²) in [4.78, 5) is 2.81. The molecule has 0 aliphatic rings. The van der Waals surface area contributed by atoms with Gasteiger partial charge in [-0.05, 0) is 54.4 Å². The van der Waals surface area contributed by atoms with Gasteiger partial charge in [0, 0.05) is 9.75 Å². The Labute approximate surface area is 148 Å². The van der Waals surface area contributed by atoms with Gasteiger partial charge in [0.2, 0.25) is 0 Å². The van der Waals surface area contributed by atoms with Crippen LogP contribution in [-0.2, 0) is 0 Å². The third-order valence-corrected chi connectivity index (χ3v) is 12.2. The van der Waals surface area contributed by atoms with Crippen molar-refractivity contribution in [2.75, 3.05) is 0 Å². The first-order valence-electron chi connectivity index (χ1n) is 6.60. The summed E-state index contributed by atoms with van der Waals surface area (Å²) in [7, 11) is -2.54. The Morgan fingerprint density at radius 1 is 0.700 bits per heavy atom. The molecule has 0 nitrogen and oxygen atoms in total. The molecular weight excluding hydrogens is 448 g/mol. The SMILES string of the molecule is C[Si](C)(C)c1cc(-c2cc([Si](C)(C)C)c(Br)s2)sc1Br. The van der Waals surface area contributed by atoms with Crippen LogP contribution < -0.4 is 10.4 Å². The molecule has 0 fully saturated rings. The van der Waals surface area contributed by atoms with Crippen LogP contribution in [0.15, 0.2) is 19.7 Å². The van der Waals surface area contributed by atoms with Crippen molar-refractivity contribution in [1.29, 1.82) is 0 Å². The Morgan fingerprint density at radius 2 is 1.00 bits per heavy atom. The molecular formula is C14H20Br2S2Si2. The standard InChI is InChI=1S/C14H20Br2S2Si2/c1-19(2,3)11-7-9(17-13(11)15)10-8-12(14(16)18-10)20(4,5)6/h7-8H,1-6H3. The maximum Gasteiger partial charge on any atom is 0.0802 e. The van der Waals surface area contributed by atoms with Crippen LogP contribution >= 0.6 is 54.5 Å². The van der Waals surface area contributed by atoms with E-state index in [-0.39, 0.29) is 0 Å². The minimum Gasteiger partial charge on any atom is -0.128 e. The zero-order valence-corrected chi connectivity index (χ0v) is 19.5. The van der Waals surface area contributed by atoms with Crippen LogP contribution in [0.1, 0.15) is 0 Å². The molecule has 0 aliphatic heterocycles. The van der Waals surface area contributed by atoms with Crippen LogP contribution in [0.5, 0.6) is 0 Å². The maximum absolute atomic E-state index is 3.77. The Hall–Kier alpha value is 0.794. The Kier molecular flexibility index (Phi) is 4.95. The van der Waals surface area contributed by atoms with Gasteiger partial charge in [0.25, 0.3) is 0 Å². The van der Waals surface area contributed by atoms with E-state index < -0.39 is 16.1 Å². The summed E-state index contributed by atoms with van der Waals surface area (Å²) in [6, 6.07) is 4.82. The van der Waals surface area contributed by atoms with Crippen LogP contribution in [0.3, 0.4) is 0 Å². The Balaban J connectivity index is 2.49. The summed E-state index contributed by atoms with van der Waals surface area (Å²) < 4.78 is 2.65. The summed E-state index contributed by atoms with van der Waals surface area (Å²) in [6.07, 6.45) is 0. The van der Waals surface area contributed by atoms with Gasteiger partial charge < -0.3 is 0 Å². The summed E-state index contributed by atoms with van der Waals surface area (Å²) in [6.45, 7) is 14.4. The van der Waals surface area contributed by atoms with Crippen molar-refractivity contribution in [2.45, 2.75) is 39.3 Å². The van der Waals surface area contributed by atoms with Gasteiger partial charge in [-0.15, -0.1) is 22.7 Å². The van der Waals surface area contributed by atoms with Crippen molar-refractivity contribution in [3.05, 3.63) is 19.7 Å². The van der Waals surface area contributed by atoms with Crippen LogP contribution in [0, 0.1) is 0 Å². The van der Waals surface area contributed by atoms with Gasteiger partial charge in [0.1, 0.15) is 0 Å². The number of hydrogen-bond donors (Lipinski definition) is 0. The quantitative estimate of drug-likeness (QED) is 0.478. The normalized spacial score (nSPS) is 13.0. The number of rotatable bonds is 3. The average molecular weight is 468 g/mol. The minimum atomic E-state index is -1.27. The fourth-order valence-corrected chi connectivity index (χ4v) is 13.2. The number of thiophene rings is 2. The third-order valence-electron chi connectivity index (χ3n) is 3.23. The van der Waals surface area contributed by atoms with Gasteiger partial charge >= 0.3 is 0 Å². The molecule has 0 unspecified atom stereocenters. The summed E-state index contributed by atoms with van der Waals surface area (Å²) in [5.74, 6) is 0. The molecule has 20 heavy (non-hydrogen) atoms. The molecule has 2 aromatic rings. The highest BCUT2D eigenvalue weighted by atomic mass is 79.9. The average Bonchev–Trinajstić information content (AvgIpc) is 2.79. The molecule has 6 heteroatoms. The van der Waals surface area contributed by atoms with Crippen molar-refractivity contribution >= 4 is 81.1 Å². The van der Waals surface area contributed by atoms with Crippen LogP contribution in [0.4, 0.5) is 0 Å². The molecule has 0 radical (unpaired) electrons. The van der Waals surface area contributed by atoms with Gasteiger partial charge in [0.05, 0.1) is 23.7 Å². The molecule has 0 spiro atoms. The van der Waals surface area contributed by atoms with E-state index >= 15 is 0 Å². The van der Waals surface area contributed by atoms with Gasteiger partial charge in [-0.1, -0.05) is 39.3 Å². The molecule has 0 N–H and O–H groups in total. The summed E-state index contributed by atoms with van der Waals surface area (Å²) in [5, 5.41) is 3.08. The lowest BCUT2D eigenvalue weighted by atomic mass is 10.4. The fraction of sp³-hybridized carbons (Fsp3) is 0.429. The van der Waals surface area contributed by atoms with E-state index in [0.717, 1.165) is 0 Å². The van der Waals surface area contributed by atoms with E-state index in [0.29, 0.717) is 0 Å². The molecule has 0 amide bonds. The predicted molar refractivity (Wildman–Crippen MR) is 109 cm³/mol. The molecule has 0 saturated heterocycles. The van der Waals surface area contributed by atoms with Crippen molar-refractivity contribution in [3.8, 4) is 9.75 Å². The molecule has 2 heterocycles. The first-order chi connectivity index (χ1) is 9.00. The predicted octanol–water partition coefficient (Wildman–Crippen LogP) is 6.09. The molecule has 0 atom stereocenters. The lowest BCUT2D eigenvalue weighted by Crippen LogP contribution is -2.37. The Bertz CT molecular complexity index is 574. The van der Waals surface area contributed by atoms with E-state index in [1.165, 1.54) is 27.7 Å². The number of hydrogen-bond acceptors (Lipinski definition) is 2. The highest BCUT2D eigenvalue weighted by Crippen LogP contribution is 2.37. The third kappa shape index (κ3) is 3.58. The van der Waals surface area contributed by atoms with Crippen LogP contribution in [-0.4, -0.2) is 16.1 Å². The maximum atomic E-state index is 3.77. The lowest BCUT2D eigenvalue weighted by molar-refractivity contribution is 1.74. The summed E-state index contributed by atoms with van der Waals surface area (Å²) >= 11 is 11.3. The second-order valence-electron chi connectivity index (χ2n) is 7.10. The first kappa shape index (κ1) is 17.2. The first-order valence-corrected chi connectivity index (χ1v) is 16.8. The molecule has 0 saturated carbocycles. The monoisotopic (exact) mass is 466 g/mol. The summed E-state index contributed by atoms with van der Waals surface area (Å²) in [5.41, 5.74) is 0. The van der Waals surface area contributed by atoms with Crippen LogP contribution in [0.25, 0.3) is 9.75 Å². The van der Waals surface area contributed by atoms with E-state index in [1.807, 2.05) is 22.7 Å². The zero-order valence-electron chi connectivity index (χ0n) is 12.7. The second kappa shape index (κ2) is 5.78. The topological polar surface area (TPSA) is 0 Å². The lowest BCUT2D eigenvalue weighted by Gasteiger charge is -2.14. The van der Waals surface area contributed by atoms with E-state index in [9.17, 15) is 0 Å². The molecule has 110 valence electrons. The molecule has 0 bridgehead atoms. The van der Waals surface area contributed by atoms with Gasteiger partial charge in [-0.3, -0.25) is 0 Å². The number of halogens is 2. The van der Waals surface area contributed by atoms with Crippen molar-refractivity contribution in [3.63, 3.8) is 0 Å². The largest absolute Gasteiger partial charge is 0.128 e. The van der Waals surface area contributed by atoms with E-state index in [1.54, 1.807) is 0 Å². The minimum absolute atomic E-state index is 1.27. The van der Waals surface area contributed by atoms with Crippen molar-refractivity contribution in [2.24, 2.45) is 0 Å². The van der Waals surface area contributed by atoms with Crippen molar-refractivity contribution in [1.82, 2.24) is 0 Å². The highest BCUT2D eigenvalue weighted by molar-refractivity contribution is 9.11. The Morgan fingerprint density at radius 3 is 1.20 bits per heavy atom. The van der Waals surface area contributed by atoms with Gasteiger partial charge in [-0.25, -0.2) is 0 Å². The molecule has 2 aromatic heterocycles. The van der Waals surface area contributed by atoms with Gasteiger partial charge in [-0.2, -0.15) is 0 Å². The van der Waals surface area contributed by atoms with Crippen LogP contribution in [0.2, 0.25) is 39.3 Å². The molecule has 0 aliphatic carbocycles. The zero-order chi connectivity index (χ0) is 15.3. The smallest absolute Gasteiger partial charge is 0.0802 e. The second-order valence-corrected chi connectivity index (χ2v) is 21.9. The van der Waals surface area contributed by atoms with Crippen molar-refractivity contribution < 1.29 is 0 Å².